The summed E-state index contributed by atoms with van der Waals surface area (Å²) in [6, 6.07) is 11.4. The summed E-state index contributed by atoms with van der Waals surface area (Å²) in [5.74, 6) is 0.156. The Hall–Kier alpha value is -3.92. The van der Waals surface area contributed by atoms with Gasteiger partial charge in [0.05, 0.1) is 36.7 Å². The van der Waals surface area contributed by atoms with Gasteiger partial charge in [0.25, 0.3) is 11.8 Å². The number of ether oxygens (including phenoxy) is 1. The van der Waals surface area contributed by atoms with Gasteiger partial charge in [-0.2, -0.15) is 20.0 Å². The Balaban J connectivity index is 1.39. The van der Waals surface area contributed by atoms with Gasteiger partial charge in [-0.3, -0.25) is 4.79 Å². The van der Waals surface area contributed by atoms with Crippen molar-refractivity contribution in [1.82, 2.24) is 30.0 Å². The van der Waals surface area contributed by atoms with Crippen LogP contribution in [-0.2, 0) is 11.2 Å². The van der Waals surface area contributed by atoms with Crippen molar-refractivity contribution in [2.24, 2.45) is 0 Å². The Morgan fingerprint density at radius 1 is 1.15 bits per heavy atom. The van der Waals surface area contributed by atoms with Gasteiger partial charge in [-0.25, -0.2) is 4.39 Å². The molecule has 1 aliphatic rings. The second-order valence-electron chi connectivity index (χ2n) is 7.74. The van der Waals surface area contributed by atoms with Gasteiger partial charge in [0, 0.05) is 12.1 Å². The predicted molar refractivity (Wildman–Crippen MR) is 115 cm³/mol. The second-order valence-corrected chi connectivity index (χ2v) is 7.74. The molecule has 1 aliphatic heterocycles. The Morgan fingerprint density at radius 3 is 2.73 bits per heavy atom. The quantitative estimate of drug-likeness (QED) is 0.462. The average Bonchev–Trinajstić information content (AvgIpc) is 3.52. The SMILES string of the molecule is Cc1ccc(-n2nccn2)c(C(=O)N2CCCOC2Cc2noc(-c3ccc(F)cc3)n2)c1. The molecule has 168 valence electrons. The molecule has 0 aliphatic carbocycles. The van der Waals surface area contributed by atoms with Crippen molar-refractivity contribution in [3.05, 3.63) is 77.6 Å². The minimum Gasteiger partial charge on any atom is -0.358 e. The highest BCUT2D eigenvalue weighted by Gasteiger charge is 2.31. The van der Waals surface area contributed by atoms with Crippen LogP contribution < -0.4 is 0 Å². The van der Waals surface area contributed by atoms with Crippen LogP contribution in [0.1, 0.15) is 28.2 Å². The molecule has 0 spiro atoms. The molecule has 1 unspecified atom stereocenters. The minimum absolute atomic E-state index is 0.182. The highest BCUT2D eigenvalue weighted by atomic mass is 19.1. The molecule has 0 saturated carbocycles. The van der Waals surface area contributed by atoms with Crippen LogP contribution >= 0.6 is 0 Å². The number of amides is 1. The molecule has 0 radical (unpaired) electrons. The molecule has 0 N–H and O–H groups in total. The van der Waals surface area contributed by atoms with Crippen LogP contribution in [0.4, 0.5) is 4.39 Å². The fourth-order valence-electron chi connectivity index (χ4n) is 3.78. The monoisotopic (exact) mass is 448 g/mol. The summed E-state index contributed by atoms with van der Waals surface area (Å²) in [4.78, 5) is 21.1. The van der Waals surface area contributed by atoms with Gasteiger partial charge in [0.2, 0.25) is 0 Å². The first-order valence-electron chi connectivity index (χ1n) is 10.6. The number of hydrogen-bond donors (Lipinski definition) is 0. The van der Waals surface area contributed by atoms with Crippen LogP contribution in [0.25, 0.3) is 17.1 Å². The lowest BCUT2D eigenvalue weighted by Gasteiger charge is -2.35. The lowest BCUT2D eigenvalue weighted by molar-refractivity contribution is -0.0771. The zero-order valence-electron chi connectivity index (χ0n) is 17.9. The van der Waals surface area contributed by atoms with Crippen molar-refractivity contribution in [2.45, 2.75) is 26.0 Å². The summed E-state index contributed by atoms with van der Waals surface area (Å²) in [6.45, 7) is 2.99. The molecule has 1 saturated heterocycles. The van der Waals surface area contributed by atoms with E-state index < -0.39 is 6.23 Å². The standard InChI is InChI=1S/C23H21FN6O3/c1-15-3-8-19(30-25-9-10-26-30)18(13-15)23(31)29-11-2-12-32-21(29)14-20-27-22(33-28-20)16-4-6-17(24)7-5-16/h3-10,13,21H,2,11-12,14H2,1H3. The average molecular weight is 448 g/mol. The van der Waals surface area contributed by atoms with Crippen molar-refractivity contribution >= 4 is 5.91 Å². The molecule has 1 fully saturated rings. The Kier molecular flexibility index (Phi) is 5.66. The maximum Gasteiger partial charge on any atom is 0.258 e. The van der Waals surface area contributed by atoms with E-state index in [1.54, 1.807) is 29.4 Å². The molecule has 10 heteroatoms. The molecule has 1 atom stereocenters. The summed E-state index contributed by atoms with van der Waals surface area (Å²) < 4.78 is 24.4. The third kappa shape index (κ3) is 4.37. The van der Waals surface area contributed by atoms with E-state index in [1.165, 1.54) is 16.9 Å². The van der Waals surface area contributed by atoms with Crippen LogP contribution in [-0.4, -0.2) is 55.3 Å². The first kappa shape index (κ1) is 21.0. The molecule has 9 nitrogen and oxygen atoms in total. The van der Waals surface area contributed by atoms with E-state index in [1.807, 2.05) is 25.1 Å². The van der Waals surface area contributed by atoms with E-state index in [2.05, 4.69) is 20.3 Å². The molecule has 2 aromatic heterocycles. The smallest absolute Gasteiger partial charge is 0.258 e. The summed E-state index contributed by atoms with van der Waals surface area (Å²) in [5.41, 5.74) is 2.65. The normalized spacial score (nSPS) is 16.2. The topological polar surface area (TPSA) is 99.2 Å². The fraction of sp³-hybridized carbons (Fsp3) is 0.261. The third-order valence-electron chi connectivity index (χ3n) is 5.40. The van der Waals surface area contributed by atoms with Gasteiger partial charge >= 0.3 is 0 Å². The first-order chi connectivity index (χ1) is 16.1. The maximum atomic E-state index is 13.6. The van der Waals surface area contributed by atoms with E-state index in [4.69, 9.17) is 9.26 Å². The highest BCUT2D eigenvalue weighted by Crippen LogP contribution is 2.23. The lowest BCUT2D eigenvalue weighted by Crippen LogP contribution is -2.48. The van der Waals surface area contributed by atoms with E-state index in [0.717, 1.165) is 12.0 Å². The van der Waals surface area contributed by atoms with Crippen molar-refractivity contribution < 1.29 is 18.4 Å². The van der Waals surface area contributed by atoms with Crippen molar-refractivity contribution in [3.63, 3.8) is 0 Å². The lowest BCUT2D eigenvalue weighted by atomic mass is 10.1. The molecule has 2 aromatic carbocycles. The van der Waals surface area contributed by atoms with Crippen LogP contribution in [0.5, 0.6) is 0 Å². The minimum atomic E-state index is -0.552. The second kappa shape index (κ2) is 8.91. The van der Waals surface area contributed by atoms with E-state index in [0.29, 0.717) is 35.8 Å². The Labute approximate surface area is 188 Å². The predicted octanol–water partition coefficient (Wildman–Crippen LogP) is 3.20. The highest BCUT2D eigenvalue weighted by molar-refractivity contribution is 5.98. The van der Waals surface area contributed by atoms with Crippen LogP contribution in [0.2, 0.25) is 0 Å². The number of aryl methyl sites for hydroxylation is 1. The van der Waals surface area contributed by atoms with Crippen molar-refractivity contribution in [1.29, 1.82) is 0 Å². The summed E-state index contributed by atoms with van der Waals surface area (Å²) in [6.07, 6.45) is 3.56. The van der Waals surface area contributed by atoms with Crippen molar-refractivity contribution in [2.75, 3.05) is 13.2 Å². The van der Waals surface area contributed by atoms with Crippen LogP contribution in [0.3, 0.4) is 0 Å². The van der Waals surface area contributed by atoms with Crippen molar-refractivity contribution in [3.8, 4) is 17.1 Å². The summed E-state index contributed by atoms with van der Waals surface area (Å²) in [7, 11) is 0. The van der Waals surface area contributed by atoms with E-state index >= 15 is 0 Å². The molecule has 5 rings (SSSR count). The number of benzene rings is 2. The maximum absolute atomic E-state index is 13.6. The molecular formula is C23H21FN6O3. The van der Waals surface area contributed by atoms with Crippen LogP contribution in [0, 0.1) is 12.7 Å². The Bertz CT molecular complexity index is 1260. The summed E-state index contributed by atoms with van der Waals surface area (Å²) >= 11 is 0. The number of carbonyl (C=O) groups is 1. The van der Waals surface area contributed by atoms with Gasteiger partial charge in [-0.1, -0.05) is 16.8 Å². The summed E-state index contributed by atoms with van der Waals surface area (Å²) in [5, 5.41) is 12.4. The number of rotatable bonds is 5. The Morgan fingerprint density at radius 2 is 1.94 bits per heavy atom. The number of halogens is 1. The fourth-order valence-corrected chi connectivity index (χ4v) is 3.78. The molecular weight excluding hydrogens is 427 g/mol. The number of nitrogens with zero attached hydrogens (tertiary/aromatic N) is 6. The molecule has 33 heavy (non-hydrogen) atoms. The van der Waals surface area contributed by atoms with E-state index in [-0.39, 0.29) is 24.0 Å². The third-order valence-corrected chi connectivity index (χ3v) is 5.40. The number of carbonyl (C=O) groups excluding carboxylic acids is 1. The zero-order chi connectivity index (χ0) is 22.8. The number of aromatic nitrogens is 5. The molecule has 4 aromatic rings. The van der Waals surface area contributed by atoms with Gasteiger partial charge in [-0.15, -0.1) is 0 Å². The largest absolute Gasteiger partial charge is 0.358 e. The van der Waals surface area contributed by atoms with Gasteiger partial charge < -0.3 is 14.2 Å². The molecule has 0 bridgehead atoms. The van der Waals surface area contributed by atoms with Gasteiger partial charge in [-0.05, 0) is 49.7 Å². The number of hydrogen-bond acceptors (Lipinski definition) is 7. The van der Waals surface area contributed by atoms with Gasteiger partial charge in [0.15, 0.2) is 5.82 Å². The van der Waals surface area contributed by atoms with E-state index in [9.17, 15) is 9.18 Å². The van der Waals surface area contributed by atoms with Gasteiger partial charge in [0.1, 0.15) is 12.0 Å². The van der Waals surface area contributed by atoms with Crippen LogP contribution in [0.15, 0.2) is 59.4 Å². The first-order valence-corrected chi connectivity index (χ1v) is 10.6. The molecule has 1 amide bonds. The zero-order valence-corrected chi connectivity index (χ0v) is 17.9. The molecule has 3 heterocycles.